The third kappa shape index (κ3) is 9.87. The number of nitrogens with one attached hydrogen (secondary N) is 3. The average Bonchev–Trinajstić information content (AvgIpc) is 3.00. The van der Waals surface area contributed by atoms with Gasteiger partial charge in [-0.3, -0.25) is 14.4 Å². The van der Waals surface area contributed by atoms with Gasteiger partial charge in [0, 0.05) is 17.7 Å². The van der Waals surface area contributed by atoms with Crippen LogP contribution in [0.2, 0.25) is 0 Å². The van der Waals surface area contributed by atoms with E-state index in [0.29, 0.717) is 0 Å². The second kappa shape index (κ2) is 16.0. The zero-order valence-corrected chi connectivity index (χ0v) is 29.1. The molecule has 0 bridgehead atoms. The number of amides is 3. The van der Waals surface area contributed by atoms with Crippen molar-refractivity contribution in [3.05, 3.63) is 64.7 Å². The predicted molar refractivity (Wildman–Crippen MR) is 181 cm³/mol. The summed E-state index contributed by atoms with van der Waals surface area (Å²) >= 11 is 0. The first kappa shape index (κ1) is 37.2. The summed E-state index contributed by atoms with van der Waals surface area (Å²) in [7, 11) is 3.86. The molecule has 3 amide bonds. The van der Waals surface area contributed by atoms with E-state index in [0.717, 1.165) is 22.3 Å². The lowest BCUT2D eigenvalue weighted by atomic mass is 9.95. The standard InChI is InChI=1S/C33H46N4O7S2/c1-19-15-22(38)16-20(2)23(19)18-24(34)28(39)36-26-30(41)35-13-14-44-25(17-21-11-9-8-10-12-21)29(40)37-27(31(42)43-7)33(5,6)46-45-32(26,3)4/h8-12,15-16,24-27,38H,13-14,17-18,34H2,1-7H3,(H,35,41)(H,36,39)(H,37,40)/t24-,25-,26-,27?/m0/s1. The van der Waals surface area contributed by atoms with Crippen LogP contribution in [0.1, 0.15) is 49.9 Å². The largest absolute Gasteiger partial charge is 0.508 e. The molecule has 11 nitrogen and oxygen atoms in total. The van der Waals surface area contributed by atoms with Gasteiger partial charge in [-0.15, -0.1) is 0 Å². The number of aryl methyl sites for hydroxylation is 2. The lowest BCUT2D eigenvalue weighted by Gasteiger charge is -2.38. The number of ether oxygens (including phenoxy) is 2. The molecule has 1 saturated heterocycles. The Hall–Kier alpha value is -3.26. The SMILES string of the molecule is COC(=O)C1NC(=O)[C@H](Cc2ccccc2)OCCNC(=O)[C@H](NC(=O)[C@@H](N)Cc2c(C)cc(O)cc2C)C(C)(C)SSC1(C)C. The smallest absolute Gasteiger partial charge is 0.329 e. The van der Waals surface area contributed by atoms with E-state index in [1.165, 1.54) is 28.7 Å². The van der Waals surface area contributed by atoms with Gasteiger partial charge in [-0.25, -0.2) is 4.79 Å². The number of carbonyl (C=O) groups excluding carboxylic acids is 4. The van der Waals surface area contributed by atoms with Crippen molar-refractivity contribution in [1.29, 1.82) is 0 Å². The Kier molecular flexibility index (Phi) is 13.0. The molecule has 1 heterocycles. The number of hydrogen-bond acceptors (Lipinski definition) is 10. The van der Waals surface area contributed by atoms with Gasteiger partial charge in [0.05, 0.1) is 24.5 Å². The number of nitrogens with two attached hydrogens (primary N) is 1. The molecule has 1 unspecified atom stereocenters. The Balaban J connectivity index is 1.88. The van der Waals surface area contributed by atoms with Gasteiger partial charge in [0.15, 0.2) is 0 Å². The quantitative estimate of drug-likeness (QED) is 0.218. The highest BCUT2D eigenvalue weighted by Crippen LogP contribution is 2.47. The average molecular weight is 675 g/mol. The number of hydrogen-bond donors (Lipinski definition) is 5. The number of esters is 1. The maximum Gasteiger partial charge on any atom is 0.329 e. The van der Waals surface area contributed by atoms with E-state index in [2.05, 4.69) is 16.0 Å². The van der Waals surface area contributed by atoms with Crippen LogP contribution in [-0.4, -0.2) is 82.8 Å². The fraction of sp³-hybridized carbons (Fsp3) is 0.515. The molecule has 0 spiro atoms. The lowest BCUT2D eigenvalue weighted by molar-refractivity contribution is -0.147. The molecule has 0 saturated carbocycles. The number of methoxy groups -OCH3 is 1. The molecule has 1 fully saturated rings. The molecule has 0 radical (unpaired) electrons. The van der Waals surface area contributed by atoms with E-state index < -0.39 is 57.4 Å². The molecule has 2 aromatic rings. The van der Waals surface area contributed by atoms with Crippen LogP contribution in [0, 0.1) is 13.8 Å². The van der Waals surface area contributed by atoms with Gasteiger partial charge in [-0.2, -0.15) is 0 Å². The van der Waals surface area contributed by atoms with E-state index in [4.69, 9.17) is 15.2 Å². The summed E-state index contributed by atoms with van der Waals surface area (Å²) in [5, 5.41) is 18.5. The van der Waals surface area contributed by atoms with Gasteiger partial charge in [0.25, 0.3) is 0 Å². The highest BCUT2D eigenvalue weighted by molar-refractivity contribution is 8.77. The fourth-order valence-corrected chi connectivity index (χ4v) is 7.93. The fourth-order valence-electron chi connectivity index (χ4n) is 5.12. The summed E-state index contributed by atoms with van der Waals surface area (Å²) in [6, 6.07) is 9.56. The molecule has 0 aliphatic carbocycles. The Bertz CT molecular complexity index is 1380. The van der Waals surface area contributed by atoms with E-state index in [9.17, 15) is 24.3 Å². The number of carbonyl (C=O) groups is 4. The van der Waals surface area contributed by atoms with Crippen molar-refractivity contribution >= 4 is 45.3 Å². The molecular weight excluding hydrogens is 629 g/mol. The van der Waals surface area contributed by atoms with Crippen LogP contribution >= 0.6 is 21.6 Å². The third-order valence-corrected chi connectivity index (χ3v) is 12.1. The van der Waals surface area contributed by atoms with E-state index in [-0.39, 0.29) is 31.7 Å². The summed E-state index contributed by atoms with van der Waals surface area (Å²) in [6.07, 6.45) is -0.481. The Morgan fingerprint density at radius 3 is 2.28 bits per heavy atom. The first-order chi connectivity index (χ1) is 21.6. The van der Waals surface area contributed by atoms with Crippen molar-refractivity contribution in [2.75, 3.05) is 20.3 Å². The predicted octanol–water partition coefficient (Wildman–Crippen LogP) is 2.72. The molecule has 2 aromatic carbocycles. The van der Waals surface area contributed by atoms with E-state index in [1.807, 2.05) is 58.0 Å². The van der Waals surface area contributed by atoms with E-state index >= 15 is 0 Å². The highest BCUT2D eigenvalue weighted by atomic mass is 33.1. The summed E-state index contributed by atoms with van der Waals surface area (Å²) in [4.78, 5) is 53.6. The van der Waals surface area contributed by atoms with Gasteiger partial charge in [-0.1, -0.05) is 51.9 Å². The number of phenols is 1. The molecule has 13 heteroatoms. The Morgan fingerprint density at radius 2 is 1.67 bits per heavy atom. The van der Waals surface area contributed by atoms with Crippen LogP contribution in [-0.2, 0) is 41.5 Å². The maximum absolute atomic E-state index is 13.7. The number of phenolic OH excluding ortho intramolecular Hbond substituents is 1. The Labute approximate surface area is 278 Å². The highest BCUT2D eigenvalue weighted by Gasteiger charge is 2.44. The van der Waals surface area contributed by atoms with Crippen molar-refractivity contribution in [2.24, 2.45) is 5.73 Å². The van der Waals surface area contributed by atoms with Crippen LogP contribution in [0.15, 0.2) is 42.5 Å². The van der Waals surface area contributed by atoms with Crippen molar-refractivity contribution in [3.8, 4) is 5.75 Å². The zero-order chi connectivity index (χ0) is 34.2. The number of benzene rings is 2. The minimum atomic E-state index is -1.05. The van der Waals surface area contributed by atoms with Gasteiger partial charge in [0.1, 0.15) is 23.9 Å². The second-order valence-electron chi connectivity index (χ2n) is 12.5. The topological polar surface area (TPSA) is 169 Å². The van der Waals surface area contributed by atoms with Gasteiger partial charge < -0.3 is 36.3 Å². The van der Waals surface area contributed by atoms with Crippen molar-refractivity contribution in [2.45, 2.75) is 88.1 Å². The molecule has 0 aromatic heterocycles. The van der Waals surface area contributed by atoms with Crippen LogP contribution in [0.4, 0.5) is 0 Å². The molecule has 252 valence electrons. The summed E-state index contributed by atoms with van der Waals surface area (Å²) in [5.74, 6) is -1.91. The first-order valence-electron chi connectivity index (χ1n) is 15.1. The van der Waals surface area contributed by atoms with Gasteiger partial charge in [-0.05, 0) is 82.3 Å². The molecule has 6 N–H and O–H groups in total. The zero-order valence-electron chi connectivity index (χ0n) is 27.5. The lowest BCUT2D eigenvalue weighted by Crippen LogP contribution is -2.60. The maximum atomic E-state index is 13.7. The van der Waals surface area contributed by atoms with Crippen molar-refractivity contribution in [1.82, 2.24) is 16.0 Å². The van der Waals surface area contributed by atoms with Crippen LogP contribution in [0.25, 0.3) is 0 Å². The minimum absolute atomic E-state index is 0.00481. The number of aromatic hydroxyl groups is 1. The monoisotopic (exact) mass is 674 g/mol. The Morgan fingerprint density at radius 1 is 1.07 bits per heavy atom. The van der Waals surface area contributed by atoms with Gasteiger partial charge >= 0.3 is 5.97 Å². The van der Waals surface area contributed by atoms with Crippen LogP contribution < -0.4 is 21.7 Å². The summed E-state index contributed by atoms with van der Waals surface area (Å²) in [6.45, 7) is 11.0. The molecule has 1 aliphatic rings. The molecule has 46 heavy (non-hydrogen) atoms. The van der Waals surface area contributed by atoms with Crippen LogP contribution in [0.3, 0.4) is 0 Å². The van der Waals surface area contributed by atoms with Crippen molar-refractivity contribution in [3.63, 3.8) is 0 Å². The summed E-state index contributed by atoms with van der Waals surface area (Å²) < 4.78 is 9.22. The number of rotatable bonds is 7. The first-order valence-corrected chi connectivity index (χ1v) is 17.2. The normalized spacial score (nSPS) is 22.8. The minimum Gasteiger partial charge on any atom is -0.508 e. The molecule has 1 aliphatic heterocycles. The van der Waals surface area contributed by atoms with E-state index in [1.54, 1.807) is 26.0 Å². The van der Waals surface area contributed by atoms with Crippen LogP contribution in [0.5, 0.6) is 5.75 Å². The third-order valence-electron chi connectivity index (χ3n) is 7.85. The summed E-state index contributed by atoms with van der Waals surface area (Å²) in [5.41, 5.74) is 9.69. The molecule has 3 rings (SSSR count). The molecule has 4 atom stereocenters. The van der Waals surface area contributed by atoms with Crippen molar-refractivity contribution < 1.29 is 33.8 Å². The van der Waals surface area contributed by atoms with Gasteiger partial charge in [0.2, 0.25) is 17.7 Å². The molecular formula is C33H46N4O7S2. The second-order valence-corrected chi connectivity index (χ2v) is 15.9.